The van der Waals surface area contributed by atoms with E-state index in [1.54, 1.807) is 0 Å². The summed E-state index contributed by atoms with van der Waals surface area (Å²) >= 11 is 2.87. The van der Waals surface area contributed by atoms with E-state index in [9.17, 15) is 13.6 Å². The highest BCUT2D eigenvalue weighted by atomic mass is 79.9. The van der Waals surface area contributed by atoms with Crippen molar-refractivity contribution in [3.05, 3.63) is 27.5 Å². The van der Waals surface area contributed by atoms with E-state index in [1.165, 1.54) is 12.1 Å². The average Bonchev–Trinajstić information content (AvgIpc) is 2.16. The summed E-state index contributed by atoms with van der Waals surface area (Å²) in [6, 6.07) is 2.75. The van der Waals surface area contributed by atoms with Crippen LogP contribution in [-0.2, 0) is 0 Å². The van der Waals surface area contributed by atoms with Crippen LogP contribution in [0.1, 0.15) is 28.0 Å². The summed E-state index contributed by atoms with van der Waals surface area (Å²) in [5, 5.41) is 8.57. The van der Waals surface area contributed by atoms with E-state index in [2.05, 4.69) is 20.9 Å². The highest BCUT2D eigenvalue weighted by Crippen LogP contribution is 2.24. The number of halogens is 3. The fourth-order valence-electron chi connectivity index (χ4n) is 0.924. The van der Waals surface area contributed by atoms with Crippen molar-refractivity contribution in [2.24, 2.45) is 0 Å². The monoisotopic (exact) mass is 260 g/mol. The molecule has 0 spiro atoms. The highest BCUT2D eigenvalue weighted by Gasteiger charge is 2.18. The molecule has 6 heteroatoms. The quantitative estimate of drug-likeness (QED) is 0.607. The predicted molar refractivity (Wildman–Crippen MR) is 47.0 cm³/mol. The molecule has 0 bridgehead atoms. The second-order valence-corrected chi connectivity index (χ2v) is 3.14. The van der Waals surface area contributed by atoms with E-state index in [-0.39, 0.29) is 15.7 Å². The minimum Gasteiger partial charge on any atom is -0.298 e. The molecule has 0 saturated heterocycles. The van der Waals surface area contributed by atoms with Crippen LogP contribution in [0.2, 0.25) is 0 Å². The van der Waals surface area contributed by atoms with Crippen LogP contribution < -0.4 is 0 Å². The Labute approximate surface area is 86.5 Å². The molecule has 0 unspecified atom stereocenters. The molecular formula is C8H3BrF2N2O. The molecule has 1 heterocycles. The summed E-state index contributed by atoms with van der Waals surface area (Å²) < 4.78 is 24.8. The first-order valence-corrected chi connectivity index (χ1v) is 4.23. The summed E-state index contributed by atoms with van der Waals surface area (Å²) in [7, 11) is 0. The van der Waals surface area contributed by atoms with Crippen LogP contribution in [0, 0.1) is 11.3 Å². The SMILES string of the molecule is N#Cc1c(C=O)cc(Br)nc1C(F)F. The number of aromatic nitrogens is 1. The van der Waals surface area contributed by atoms with Crippen LogP contribution in [0.15, 0.2) is 10.7 Å². The molecule has 0 amide bonds. The third-order valence-corrected chi connectivity index (χ3v) is 1.90. The van der Waals surface area contributed by atoms with E-state index in [1.807, 2.05) is 0 Å². The van der Waals surface area contributed by atoms with Crippen LogP contribution >= 0.6 is 15.9 Å². The predicted octanol–water partition coefficient (Wildman–Crippen LogP) is 2.47. The molecule has 0 radical (unpaired) electrons. The molecule has 1 aromatic heterocycles. The van der Waals surface area contributed by atoms with Crippen molar-refractivity contribution in [2.45, 2.75) is 6.43 Å². The molecule has 0 aliphatic heterocycles. The summed E-state index contributed by atoms with van der Waals surface area (Å²) in [4.78, 5) is 13.9. The first kappa shape index (κ1) is 10.7. The molecule has 0 aliphatic carbocycles. The van der Waals surface area contributed by atoms with Gasteiger partial charge in [-0.15, -0.1) is 0 Å². The van der Waals surface area contributed by atoms with E-state index in [4.69, 9.17) is 5.26 Å². The molecule has 0 aromatic carbocycles. The number of alkyl halides is 2. The summed E-state index contributed by atoms with van der Waals surface area (Å²) in [6.07, 6.45) is -2.53. The highest BCUT2D eigenvalue weighted by molar-refractivity contribution is 9.10. The lowest BCUT2D eigenvalue weighted by molar-refractivity contribution is 0.112. The number of hydrogen-bond acceptors (Lipinski definition) is 3. The zero-order valence-corrected chi connectivity index (χ0v) is 8.25. The Kier molecular flexibility index (Phi) is 3.25. The number of carbonyl (C=O) groups excluding carboxylic acids is 1. The fourth-order valence-corrected chi connectivity index (χ4v) is 1.36. The minimum absolute atomic E-state index is 0.0929. The van der Waals surface area contributed by atoms with Crippen molar-refractivity contribution in [1.82, 2.24) is 4.98 Å². The van der Waals surface area contributed by atoms with Gasteiger partial charge in [0.25, 0.3) is 6.43 Å². The van der Waals surface area contributed by atoms with E-state index < -0.39 is 12.1 Å². The van der Waals surface area contributed by atoms with Gasteiger partial charge >= 0.3 is 0 Å². The minimum atomic E-state index is -2.87. The maximum Gasteiger partial charge on any atom is 0.281 e. The zero-order chi connectivity index (χ0) is 10.7. The Balaban J connectivity index is 3.49. The van der Waals surface area contributed by atoms with Gasteiger partial charge in [0.15, 0.2) is 6.29 Å². The Hall–Kier alpha value is -1.35. The summed E-state index contributed by atoms with van der Waals surface area (Å²) in [5.41, 5.74) is -1.15. The third kappa shape index (κ3) is 1.93. The molecule has 0 atom stereocenters. The topological polar surface area (TPSA) is 53.8 Å². The van der Waals surface area contributed by atoms with Gasteiger partial charge in [0.1, 0.15) is 16.4 Å². The van der Waals surface area contributed by atoms with Crippen molar-refractivity contribution >= 4 is 22.2 Å². The standard InChI is InChI=1S/C8H3BrF2N2O/c9-6-1-4(3-14)5(2-12)7(13-6)8(10)11/h1,3,8H. The molecule has 0 N–H and O–H groups in total. The number of nitrogens with zero attached hydrogens (tertiary/aromatic N) is 2. The number of hydrogen-bond donors (Lipinski definition) is 0. The normalized spacial score (nSPS) is 9.93. The maximum absolute atomic E-state index is 12.4. The Morgan fingerprint density at radius 3 is 2.71 bits per heavy atom. The van der Waals surface area contributed by atoms with Gasteiger partial charge in [0.2, 0.25) is 0 Å². The number of pyridine rings is 1. The van der Waals surface area contributed by atoms with Gasteiger partial charge in [-0.1, -0.05) is 0 Å². The maximum atomic E-state index is 12.4. The van der Waals surface area contributed by atoms with Gasteiger partial charge in [-0.2, -0.15) is 5.26 Å². The van der Waals surface area contributed by atoms with Crippen LogP contribution in [0.5, 0.6) is 0 Å². The second kappa shape index (κ2) is 4.24. The molecule has 3 nitrogen and oxygen atoms in total. The van der Waals surface area contributed by atoms with Crippen LogP contribution in [0.4, 0.5) is 8.78 Å². The molecule has 14 heavy (non-hydrogen) atoms. The zero-order valence-electron chi connectivity index (χ0n) is 6.67. The van der Waals surface area contributed by atoms with Gasteiger partial charge in [-0.25, -0.2) is 13.8 Å². The van der Waals surface area contributed by atoms with Crippen molar-refractivity contribution in [1.29, 1.82) is 5.26 Å². The first-order valence-electron chi connectivity index (χ1n) is 3.44. The van der Waals surface area contributed by atoms with Gasteiger partial charge in [-0.05, 0) is 22.0 Å². The van der Waals surface area contributed by atoms with E-state index in [0.29, 0.717) is 6.29 Å². The van der Waals surface area contributed by atoms with E-state index in [0.717, 1.165) is 0 Å². The fraction of sp³-hybridized carbons (Fsp3) is 0.125. The van der Waals surface area contributed by atoms with Crippen LogP contribution in [0.3, 0.4) is 0 Å². The van der Waals surface area contributed by atoms with Gasteiger partial charge < -0.3 is 0 Å². The summed E-state index contributed by atoms with van der Waals surface area (Å²) in [6.45, 7) is 0. The van der Waals surface area contributed by atoms with Crippen molar-refractivity contribution in [3.63, 3.8) is 0 Å². The number of rotatable bonds is 2. The van der Waals surface area contributed by atoms with Gasteiger partial charge in [0.05, 0.1) is 5.56 Å². The van der Waals surface area contributed by atoms with Crippen LogP contribution in [-0.4, -0.2) is 11.3 Å². The third-order valence-electron chi connectivity index (χ3n) is 1.49. The largest absolute Gasteiger partial charge is 0.298 e. The van der Waals surface area contributed by atoms with Gasteiger partial charge in [-0.3, -0.25) is 4.79 Å². The number of aldehydes is 1. The second-order valence-electron chi connectivity index (χ2n) is 2.32. The molecule has 0 saturated carbocycles. The van der Waals surface area contributed by atoms with Crippen molar-refractivity contribution < 1.29 is 13.6 Å². The Morgan fingerprint density at radius 2 is 2.29 bits per heavy atom. The van der Waals surface area contributed by atoms with Gasteiger partial charge in [0, 0.05) is 5.56 Å². The Morgan fingerprint density at radius 1 is 1.64 bits per heavy atom. The Bertz CT molecular complexity index is 415. The lowest BCUT2D eigenvalue weighted by atomic mass is 10.1. The molecule has 0 fully saturated rings. The van der Waals surface area contributed by atoms with Crippen LogP contribution in [0.25, 0.3) is 0 Å². The molecule has 1 aromatic rings. The average molecular weight is 261 g/mol. The molecule has 1 rings (SSSR count). The van der Waals surface area contributed by atoms with Crippen molar-refractivity contribution in [2.75, 3.05) is 0 Å². The van der Waals surface area contributed by atoms with E-state index >= 15 is 0 Å². The number of nitriles is 1. The molecule has 0 aliphatic rings. The summed E-state index contributed by atoms with van der Waals surface area (Å²) in [5.74, 6) is 0. The van der Waals surface area contributed by atoms with Crippen molar-refractivity contribution in [3.8, 4) is 6.07 Å². The lowest BCUT2D eigenvalue weighted by Crippen LogP contribution is -2.00. The lowest BCUT2D eigenvalue weighted by Gasteiger charge is -2.04. The molecule has 72 valence electrons. The first-order chi connectivity index (χ1) is 6.60. The molecular weight excluding hydrogens is 258 g/mol. The number of carbonyl (C=O) groups is 1. The smallest absolute Gasteiger partial charge is 0.281 e.